The Kier molecular flexibility index (Phi) is 3.62. The van der Waals surface area contributed by atoms with Gasteiger partial charge in [-0.25, -0.2) is 8.42 Å². The maximum Gasteiger partial charge on any atom is 0.247 e. The molecular formula is C14H24N4O2S. The lowest BCUT2D eigenvalue weighted by Crippen LogP contribution is -2.42. The summed E-state index contributed by atoms with van der Waals surface area (Å²) in [5.41, 5.74) is 1.33. The van der Waals surface area contributed by atoms with E-state index in [1.54, 1.807) is 23.0 Å². The molecule has 2 saturated heterocycles. The first-order chi connectivity index (χ1) is 9.82. The molecule has 2 bridgehead atoms. The molecule has 3 rings (SSSR count). The van der Waals surface area contributed by atoms with Crippen LogP contribution in [0.25, 0.3) is 0 Å². The minimum absolute atomic E-state index is 0.103. The van der Waals surface area contributed by atoms with Crippen LogP contribution in [0, 0.1) is 13.8 Å². The number of aryl methyl sites for hydroxylation is 2. The van der Waals surface area contributed by atoms with Crippen molar-refractivity contribution in [3.8, 4) is 0 Å². The zero-order valence-electron chi connectivity index (χ0n) is 13.2. The van der Waals surface area contributed by atoms with Crippen LogP contribution in [0.2, 0.25) is 0 Å². The standard InChI is InChI=1S/C14H24N4O2S/c1-10-14(11(2)17(4)15-10)21(19,20)18-12-5-6-13(18)9-16(3)8-7-12/h12-13H,5-9H2,1-4H3/t12?,13-/m1/s1. The molecule has 0 saturated carbocycles. The van der Waals surface area contributed by atoms with Gasteiger partial charge in [-0.15, -0.1) is 0 Å². The van der Waals surface area contributed by atoms with E-state index in [-0.39, 0.29) is 12.1 Å². The Morgan fingerprint density at radius 3 is 2.38 bits per heavy atom. The summed E-state index contributed by atoms with van der Waals surface area (Å²) in [5, 5.41) is 4.28. The van der Waals surface area contributed by atoms with Crippen LogP contribution in [0.15, 0.2) is 4.90 Å². The minimum Gasteiger partial charge on any atom is -0.305 e. The fourth-order valence-corrected chi connectivity index (χ4v) is 6.12. The van der Waals surface area contributed by atoms with E-state index < -0.39 is 10.0 Å². The van der Waals surface area contributed by atoms with Crippen molar-refractivity contribution in [2.45, 2.75) is 50.1 Å². The van der Waals surface area contributed by atoms with E-state index in [4.69, 9.17) is 0 Å². The first-order valence-corrected chi connectivity index (χ1v) is 8.98. The number of rotatable bonds is 2. The third-order valence-electron chi connectivity index (χ3n) is 4.90. The maximum absolute atomic E-state index is 13.2. The van der Waals surface area contributed by atoms with Crippen molar-refractivity contribution in [3.63, 3.8) is 0 Å². The minimum atomic E-state index is -3.46. The molecule has 2 aliphatic heterocycles. The lowest BCUT2D eigenvalue weighted by molar-refractivity contribution is 0.289. The van der Waals surface area contributed by atoms with Gasteiger partial charge in [0.15, 0.2) is 0 Å². The first kappa shape index (κ1) is 15.0. The van der Waals surface area contributed by atoms with Crippen LogP contribution in [-0.2, 0) is 17.1 Å². The molecule has 118 valence electrons. The number of fused-ring (bicyclic) bond motifs is 2. The number of sulfonamides is 1. The predicted molar refractivity (Wildman–Crippen MR) is 80.6 cm³/mol. The van der Waals surface area contributed by atoms with Gasteiger partial charge in [0.2, 0.25) is 10.0 Å². The van der Waals surface area contributed by atoms with E-state index in [0.29, 0.717) is 10.6 Å². The van der Waals surface area contributed by atoms with Gasteiger partial charge < -0.3 is 4.90 Å². The molecule has 0 radical (unpaired) electrons. The first-order valence-electron chi connectivity index (χ1n) is 7.54. The second kappa shape index (κ2) is 5.07. The van der Waals surface area contributed by atoms with Gasteiger partial charge in [-0.1, -0.05) is 0 Å². The highest BCUT2D eigenvalue weighted by atomic mass is 32.2. The number of hydrogen-bond donors (Lipinski definition) is 0. The smallest absolute Gasteiger partial charge is 0.247 e. The number of likely N-dealkylation sites (N-methyl/N-ethyl adjacent to an activating group) is 1. The monoisotopic (exact) mass is 312 g/mol. The van der Waals surface area contributed by atoms with Crippen LogP contribution in [0.3, 0.4) is 0 Å². The molecule has 2 aliphatic rings. The Labute approximate surface area is 126 Å². The average molecular weight is 312 g/mol. The summed E-state index contributed by atoms with van der Waals surface area (Å²) in [6.45, 7) is 5.41. The van der Waals surface area contributed by atoms with Gasteiger partial charge in [0, 0.05) is 25.7 Å². The molecule has 1 aromatic heterocycles. The van der Waals surface area contributed by atoms with E-state index in [0.717, 1.165) is 38.0 Å². The maximum atomic E-state index is 13.2. The zero-order chi connectivity index (χ0) is 15.4. The van der Waals surface area contributed by atoms with Gasteiger partial charge >= 0.3 is 0 Å². The van der Waals surface area contributed by atoms with Gasteiger partial charge in [0.25, 0.3) is 0 Å². The van der Waals surface area contributed by atoms with Crippen molar-refractivity contribution in [2.75, 3.05) is 20.1 Å². The summed E-state index contributed by atoms with van der Waals surface area (Å²) in [7, 11) is 0.411. The zero-order valence-corrected chi connectivity index (χ0v) is 14.0. The van der Waals surface area contributed by atoms with Crippen molar-refractivity contribution in [2.24, 2.45) is 7.05 Å². The SMILES string of the molecule is Cc1nn(C)c(C)c1S(=O)(=O)N1C2CC[C@@H]1CN(C)CC2. The Morgan fingerprint density at radius 1 is 1.10 bits per heavy atom. The number of hydrogen-bond acceptors (Lipinski definition) is 4. The van der Waals surface area contributed by atoms with E-state index in [1.807, 2.05) is 6.92 Å². The topological polar surface area (TPSA) is 58.4 Å². The highest BCUT2D eigenvalue weighted by molar-refractivity contribution is 7.89. The quantitative estimate of drug-likeness (QED) is 0.814. The highest BCUT2D eigenvalue weighted by Crippen LogP contribution is 2.36. The molecular weight excluding hydrogens is 288 g/mol. The van der Waals surface area contributed by atoms with Crippen LogP contribution in [0.1, 0.15) is 30.7 Å². The molecule has 3 heterocycles. The lowest BCUT2D eigenvalue weighted by Gasteiger charge is -2.27. The van der Waals surface area contributed by atoms with Crippen molar-refractivity contribution in [1.29, 1.82) is 0 Å². The fourth-order valence-electron chi connectivity index (χ4n) is 3.83. The molecule has 6 nitrogen and oxygen atoms in total. The normalized spacial score (nSPS) is 28.0. The second-order valence-corrected chi connectivity index (χ2v) is 8.17. The molecule has 2 atom stereocenters. The fraction of sp³-hybridized carbons (Fsp3) is 0.786. The molecule has 21 heavy (non-hydrogen) atoms. The Morgan fingerprint density at radius 2 is 1.76 bits per heavy atom. The van der Waals surface area contributed by atoms with Crippen LogP contribution in [-0.4, -0.2) is 59.6 Å². The summed E-state index contributed by atoms with van der Waals surface area (Å²) in [5.74, 6) is 0. The third kappa shape index (κ3) is 2.31. The van der Waals surface area contributed by atoms with Crippen molar-refractivity contribution in [1.82, 2.24) is 19.0 Å². The van der Waals surface area contributed by atoms with E-state index in [1.165, 1.54) is 0 Å². The molecule has 2 fully saturated rings. The third-order valence-corrected chi connectivity index (χ3v) is 7.16. The van der Waals surface area contributed by atoms with Crippen LogP contribution >= 0.6 is 0 Å². The predicted octanol–water partition coefficient (Wildman–Crippen LogP) is 0.894. The van der Waals surface area contributed by atoms with E-state index in [9.17, 15) is 8.42 Å². The molecule has 0 N–H and O–H groups in total. The molecule has 0 aromatic carbocycles. The van der Waals surface area contributed by atoms with Gasteiger partial charge in [0.05, 0.1) is 11.4 Å². The summed E-state index contributed by atoms with van der Waals surface area (Å²) in [6, 6.07) is 0.246. The molecule has 0 amide bonds. The summed E-state index contributed by atoms with van der Waals surface area (Å²) in [6.07, 6.45) is 2.87. The van der Waals surface area contributed by atoms with Crippen molar-refractivity contribution < 1.29 is 8.42 Å². The molecule has 1 aromatic rings. The number of likely N-dealkylation sites (tertiary alicyclic amines) is 1. The highest BCUT2D eigenvalue weighted by Gasteiger charge is 2.45. The van der Waals surface area contributed by atoms with E-state index in [2.05, 4.69) is 17.0 Å². The second-order valence-electron chi connectivity index (χ2n) is 6.39. The van der Waals surface area contributed by atoms with Crippen LogP contribution in [0.5, 0.6) is 0 Å². The Balaban J connectivity index is 2.06. The summed E-state index contributed by atoms with van der Waals surface area (Å²) in [4.78, 5) is 2.65. The van der Waals surface area contributed by atoms with Gasteiger partial charge in [-0.05, 0) is 46.7 Å². The van der Waals surface area contributed by atoms with Gasteiger partial charge in [-0.2, -0.15) is 9.40 Å². The molecule has 7 heteroatoms. The van der Waals surface area contributed by atoms with Crippen molar-refractivity contribution in [3.05, 3.63) is 11.4 Å². The summed E-state index contributed by atoms with van der Waals surface area (Å²) >= 11 is 0. The van der Waals surface area contributed by atoms with Gasteiger partial charge in [0.1, 0.15) is 4.90 Å². The van der Waals surface area contributed by atoms with Crippen LogP contribution < -0.4 is 0 Å². The largest absolute Gasteiger partial charge is 0.305 e. The number of aromatic nitrogens is 2. The van der Waals surface area contributed by atoms with Crippen LogP contribution in [0.4, 0.5) is 0 Å². The Bertz CT molecular complexity index is 652. The average Bonchev–Trinajstić information content (AvgIpc) is 2.82. The number of nitrogens with zero attached hydrogens (tertiary/aromatic N) is 4. The molecule has 1 unspecified atom stereocenters. The lowest BCUT2D eigenvalue weighted by atomic mass is 10.1. The Hall–Kier alpha value is -0.920. The molecule has 0 aliphatic carbocycles. The van der Waals surface area contributed by atoms with Crippen molar-refractivity contribution >= 4 is 10.0 Å². The van der Waals surface area contributed by atoms with Gasteiger partial charge in [-0.3, -0.25) is 4.68 Å². The summed E-state index contributed by atoms with van der Waals surface area (Å²) < 4.78 is 29.9. The molecule has 0 spiro atoms. The van der Waals surface area contributed by atoms with E-state index >= 15 is 0 Å².